The van der Waals surface area contributed by atoms with Crippen molar-refractivity contribution in [3.05, 3.63) is 70.3 Å². The Morgan fingerprint density at radius 1 is 1.10 bits per heavy atom. The third-order valence-electron chi connectivity index (χ3n) is 5.45. The maximum atomic E-state index is 13.0. The van der Waals surface area contributed by atoms with Crippen molar-refractivity contribution in [3.63, 3.8) is 0 Å². The first-order valence-electron chi connectivity index (χ1n) is 9.88. The van der Waals surface area contributed by atoms with Crippen LogP contribution in [0, 0.1) is 13.8 Å². The summed E-state index contributed by atoms with van der Waals surface area (Å²) < 4.78 is 5.15. The SMILES string of the molecule is COCCN1C(=O)C(=O)/C(=C(/O)c2cc(C)ccc2C)C1c1ccc(N(C)C)cc1. The summed E-state index contributed by atoms with van der Waals surface area (Å²) in [6.45, 7) is 4.34. The van der Waals surface area contributed by atoms with E-state index in [9.17, 15) is 14.7 Å². The van der Waals surface area contributed by atoms with Gasteiger partial charge in [-0.25, -0.2) is 0 Å². The van der Waals surface area contributed by atoms with Crippen molar-refractivity contribution in [1.29, 1.82) is 0 Å². The normalized spacial score (nSPS) is 18.2. The first-order chi connectivity index (χ1) is 14.3. The average molecular weight is 408 g/mol. The summed E-state index contributed by atoms with van der Waals surface area (Å²) >= 11 is 0. The van der Waals surface area contributed by atoms with Crippen LogP contribution in [0.4, 0.5) is 5.69 Å². The van der Waals surface area contributed by atoms with Crippen LogP contribution in [-0.2, 0) is 14.3 Å². The largest absolute Gasteiger partial charge is 0.507 e. The quantitative estimate of drug-likeness (QED) is 0.450. The summed E-state index contributed by atoms with van der Waals surface area (Å²) in [6, 6.07) is 12.7. The number of hydrogen-bond donors (Lipinski definition) is 1. The first-order valence-corrected chi connectivity index (χ1v) is 9.88. The van der Waals surface area contributed by atoms with Gasteiger partial charge in [0.15, 0.2) is 0 Å². The highest BCUT2D eigenvalue weighted by atomic mass is 16.5. The number of likely N-dealkylation sites (tertiary alicyclic amines) is 1. The number of ether oxygens (including phenoxy) is 1. The lowest BCUT2D eigenvalue weighted by Gasteiger charge is -2.25. The van der Waals surface area contributed by atoms with Crippen LogP contribution >= 0.6 is 0 Å². The minimum Gasteiger partial charge on any atom is -0.507 e. The van der Waals surface area contributed by atoms with Crippen molar-refractivity contribution >= 4 is 23.1 Å². The number of aliphatic hydroxyl groups is 1. The molecule has 158 valence electrons. The molecule has 1 saturated heterocycles. The molecular weight excluding hydrogens is 380 g/mol. The lowest BCUT2D eigenvalue weighted by atomic mass is 9.93. The molecule has 1 aliphatic heterocycles. The van der Waals surface area contributed by atoms with Crippen LogP contribution < -0.4 is 4.90 Å². The summed E-state index contributed by atoms with van der Waals surface area (Å²) in [4.78, 5) is 29.3. The zero-order valence-electron chi connectivity index (χ0n) is 18.1. The zero-order valence-corrected chi connectivity index (χ0v) is 18.1. The molecule has 0 spiro atoms. The highest BCUT2D eigenvalue weighted by molar-refractivity contribution is 6.46. The van der Waals surface area contributed by atoms with E-state index in [2.05, 4.69) is 0 Å². The maximum absolute atomic E-state index is 13.0. The number of nitrogens with zero attached hydrogens (tertiary/aromatic N) is 2. The van der Waals surface area contributed by atoms with Crippen molar-refractivity contribution in [2.75, 3.05) is 39.3 Å². The summed E-state index contributed by atoms with van der Waals surface area (Å²) in [6.07, 6.45) is 0. The molecule has 1 amide bonds. The summed E-state index contributed by atoms with van der Waals surface area (Å²) in [5.74, 6) is -1.44. The molecule has 30 heavy (non-hydrogen) atoms. The van der Waals surface area contributed by atoms with Crippen LogP contribution in [0.5, 0.6) is 0 Å². The fourth-order valence-corrected chi connectivity index (χ4v) is 3.74. The van der Waals surface area contributed by atoms with Crippen LogP contribution in [-0.4, -0.2) is 56.1 Å². The van der Waals surface area contributed by atoms with E-state index in [-0.39, 0.29) is 17.9 Å². The standard InChI is InChI=1S/C24H28N2O4/c1-15-6-7-16(2)19(14-15)22(27)20-21(17-8-10-18(11-9-17)25(3)4)26(12-13-30-5)24(29)23(20)28/h6-11,14,21,27H,12-13H2,1-5H3/b22-20+. The van der Waals surface area contributed by atoms with E-state index in [4.69, 9.17) is 4.74 Å². The number of Topliss-reactive ketones (excluding diaryl/α,β-unsaturated/α-hetero) is 1. The highest BCUT2D eigenvalue weighted by Crippen LogP contribution is 2.40. The summed E-state index contributed by atoms with van der Waals surface area (Å²) in [7, 11) is 5.44. The molecule has 0 saturated carbocycles. The number of rotatable bonds is 6. The molecule has 1 unspecified atom stereocenters. The number of methoxy groups -OCH3 is 1. The molecule has 1 N–H and O–H groups in total. The number of benzene rings is 2. The van der Waals surface area contributed by atoms with E-state index in [0.29, 0.717) is 12.2 Å². The fraction of sp³-hybridized carbons (Fsp3) is 0.333. The molecule has 1 fully saturated rings. The molecule has 0 aliphatic carbocycles. The van der Waals surface area contributed by atoms with Gasteiger partial charge in [-0.3, -0.25) is 9.59 Å². The Labute approximate surface area is 177 Å². The number of carbonyl (C=O) groups is 2. The number of hydrogen-bond acceptors (Lipinski definition) is 5. The fourth-order valence-electron chi connectivity index (χ4n) is 3.74. The Kier molecular flexibility index (Phi) is 6.27. The second-order valence-electron chi connectivity index (χ2n) is 7.79. The predicted molar refractivity (Wildman–Crippen MR) is 118 cm³/mol. The number of aliphatic hydroxyl groups excluding tert-OH is 1. The maximum Gasteiger partial charge on any atom is 0.295 e. The van der Waals surface area contributed by atoms with Crippen molar-refractivity contribution in [2.45, 2.75) is 19.9 Å². The Bertz CT molecular complexity index is 993. The van der Waals surface area contributed by atoms with Crippen molar-refractivity contribution < 1.29 is 19.4 Å². The Balaban J connectivity index is 2.18. The van der Waals surface area contributed by atoms with Crippen LogP contribution in [0.3, 0.4) is 0 Å². The van der Waals surface area contributed by atoms with Crippen LogP contribution in [0.2, 0.25) is 0 Å². The van der Waals surface area contributed by atoms with Gasteiger partial charge in [0.2, 0.25) is 0 Å². The van der Waals surface area contributed by atoms with E-state index in [1.54, 1.807) is 7.11 Å². The second kappa shape index (κ2) is 8.71. The molecule has 0 bridgehead atoms. The van der Waals surface area contributed by atoms with E-state index < -0.39 is 17.7 Å². The minimum atomic E-state index is -0.675. The van der Waals surface area contributed by atoms with Crippen LogP contribution in [0.15, 0.2) is 48.0 Å². The second-order valence-corrected chi connectivity index (χ2v) is 7.79. The topological polar surface area (TPSA) is 70.1 Å². The van der Waals surface area contributed by atoms with Gasteiger partial charge >= 0.3 is 0 Å². The molecular formula is C24H28N2O4. The van der Waals surface area contributed by atoms with E-state index in [0.717, 1.165) is 22.4 Å². The molecule has 3 rings (SSSR count). The molecule has 1 heterocycles. The molecule has 1 atom stereocenters. The van der Waals surface area contributed by atoms with Crippen molar-refractivity contribution in [3.8, 4) is 0 Å². The van der Waals surface area contributed by atoms with E-state index in [1.807, 2.05) is 75.3 Å². The number of aryl methyl sites for hydroxylation is 2. The number of anilines is 1. The Morgan fingerprint density at radius 2 is 1.77 bits per heavy atom. The van der Waals surface area contributed by atoms with Gasteiger partial charge < -0.3 is 19.6 Å². The number of amides is 1. The Morgan fingerprint density at radius 3 is 2.37 bits per heavy atom. The lowest BCUT2D eigenvalue weighted by molar-refractivity contribution is -0.140. The monoisotopic (exact) mass is 408 g/mol. The predicted octanol–water partition coefficient (Wildman–Crippen LogP) is 3.44. The first kappa shape index (κ1) is 21.6. The van der Waals surface area contributed by atoms with E-state index >= 15 is 0 Å². The van der Waals surface area contributed by atoms with Gasteiger partial charge in [-0.15, -0.1) is 0 Å². The van der Waals surface area contributed by atoms with Gasteiger partial charge in [0, 0.05) is 39.0 Å². The smallest absolute Gasteiger partial charge is 0.295 e. The molecule has 1 aliphatic rings. The van der Waals surface area contributed by atoms with Crippen molar-refractivity contribution in [1.82, 2.24) is 4.90 Å². The van der Waals surface area contributed by atoms with Crippen LogP contribution in [0.25, 0.3) is 5.76 Å². The van der Waals surface area contributed by atoms with E-state index in [1.165, 1.54) is 4.90 Å². The molecule has 6 heteroatoms. The summed E-state index contributed by atoms with van der Waals surface area (Å²) in [5.41, 5.74) is 4.24. The van der Waals surface area contributed by atoms with Gasteiger partial charge in [-0.05, 0) is 43.2 Å². The minimum absolute atomic E-state index is 0.113. The third kappa shape index (κ3) is 3.96. The Hall–Kier alpha value is -3.12. The van der Waals surface area contributed by atoms with Gasteiger partial charge in [-0.1, -0.05) is 29.8 Å². The summed E-state index contributed by atoms with van der Waals surface area (Å²) in [5, 5.41) is 11.2. The van der Waals surface area contributed by atoms with Crippen molar-refractivity contribution in [2.24, 2.45) is 0 Å². The van der Waals surface area contributed by atoms with Gasteiger partial charge in [0.1, 0.15) is 5.76 Å². The average Bonchev–Trinajstić information content (AvgIpc) is 2.98. The highest BCUT2D eigenvalue weighted by Gasteiger charge is 2.46. The molecule has 2 aromatic rings. The third-order valence-corrected chi connectivity index (χ3v) is 5.45. The molecule has 6 nitrogen and oxygen atoms in total. The van der Waals surface area contributed by atoms with Gasteiger partial charge in [0.05, 0.1) is 18.2 Å². The van der Waals surface area contributed by atoms with Gasteiger partial charge in [-0.2, -0.15) is 0 Å². The molecule has 2 aromatic carbocycles. The zero-order chi connectivity index (χ0) is 22.0. The number of carbonyl (C=O) groups excluding carboxylic acids is 2. The molecule has 0 aromatic heterocycles. The van der Waals surface area contributed by atoms with Gasteiger partial charge in [0.25, 0.3) is 11.7 Å². The lowest BCUT2D eigenvalue weighted by Crippen LogP contribution is -2.32. The molecule has 0 radical (unpaired) electrons. The number of ketones is 1. The van der Waals surface area contributed by atoms with Crippen LogP contribution in [0.1, 0.15) is 28.3 Å².